The molecule has 6 nitrogen and oxygen atoms in total. The van der Waals surface area contributed by atoms with E-state index in [1.54, 1.807) is 6.08 Å². The van der Waals surface area contributed by atoms with Crippen LogP contribution in [0, 0.1) is 0 Å². The van der Waals surface area contributed by atoms with Crippen LogP contribution in [0.25, 0.3) is 6.08 Å². The maximum absolute atomic E-state index is 12.7. The normalized spacial score (nSPS) is 17.0. The minimum atomic E-state index is -1.10. The summed E-state index contributed by atoms with van der Waals surface area (Å²) in [6, 6.07) is 4.54. The highest BCUT2D eigenvalue weighted by atomic mass is 32.2. The van der Waals surface area contributed by atoms with E-state index in [9.17, 15) is 14.7 Å². The summed E-state index contributed by atoms with van der Waals surface area (Å²) in [5, 5.41) is 9.23. The number of thioether (sulfide) groups is 1. The maximum Gasteiger partial charge on any atom is 0.326 e. The lowest BCUT2D eigenvalue weighted by Gasteiger charge is -2.19. The van der Waals surface area contributed by atoms with E-state index in [0.29, 0.717) is 23.0 Å². The fourth-order valence-corrected chi connectivity index (χ4v) is 4.79. The number of nitrogens with zero attached hydrogens (tertiary/aromatic N) is 1. The van der Waals surface area contributed by atoms with Crippen molar-refractivity contribution in [3.63, 3.8) is 0 Å². The Morgan fingerprint density at radius 2 is 1.91 bits per heavy atom. The first-order valence-electron chi connectivity index (χ1n) is 11.2. The average Bonchev–Trinajstić information content (AvgIpc) is 3.02. The molecular weight excluding hydrogens is 446 g/mol. The summed E-state index contributed by atoms with van der Waals surface area (Å²) in [6.45, 7) is 8.12. The van der Waals surface area contributed by atoms with Crippen LogP contribution in [0.1, 0.15) is 71.8 Å². The predicted octanol–water partition coefficient (Wildman–Crippen LogP) is 5.89. The molecule has 1 amide bonds. The number of rotatable bonds is 13. The zero-order valence-electron chi connectivity index (χ0n) is 19.3. The third-order valence-corrected chi connectivity index (χ3v) is 6.51. The van der Waals surface area contributed by atoms with Crippen molar-refractivity contribution in [2.75, 3.05) is 6.61 Å². The Morgan fingerprint density at radius 1 is 1.19 bits per heavy atom. The van der Waals surface area contributed by atoms with Gasteiger partial charge in [0.15, 0.2) is 11.5 Å². The second kappa shape index (κ2) is 12.8. The molecule has 1 aromatic rings. The second-order valence-electron chi connectivity index (χ2n) is 7.84. The van der Waals surface area contributed by atoms with Gasteiger partial charge < -0.3 is 14.6 Å². The van der Waals surface area contributed by atoms with Gasteiger partial charge in [-0.1, -0.05) is 62.7 Å². The van der Waals surface area contributed by atoms with Crippen LogP contribution in [0.15, 0.2) is 23.1 Å². The maximum atomic E-state index is 12.7. The van der Waals surface area contributed by atoms with E-state index in [0.717, 1.165) is 35.1 Å². The van der Waals surface area contributed by atoms with Gasteiger partial charge in [0.1, 0.15) is 10.4 Å². The van der Waals surface area contributed by atoms with Crippen molar-refractivity contribution < 1.29 is 24.2 Å². The molecule has 2 unspecified atom stereocenters. The second-order valence-corrected chi connectivity index (χ2v) is 9.51. The Morgan fingerprint density at radius 3 is 2.56 bits per heavy atom. The van der Waals surface area contributed by atoms with Crippen LogP contribution in [0.3, 0.4) is 0 Å². The molecule has 8 heteroatoms. The first-order valence-corrected chi connectivity index (χ1v) is 12.4. The summed E-state index contributed by atoms with van der Waals surface area (Å²) < 4.78 is 12.2. The quantitative estimate of drug-likeness (QED) is 0.215. The molecule has 1 saturated heterocycles. The summed E-state index contributed by atoms with van der Waals surface area (Å²) in [6.07, 6.45) is 8.91. The Bertz CT molecular complexity index is 855. The number of aliphatic carboxylic acids is 1. The van der Waals surface area contributed by atoms with Crippen LogP contribution in [-0.2, 0) is 9.59 Å². The molecule has 32 heavy (non-hydrogen) atoms. The Labute approximate surface area is 200 Å². The van der Waals surface area contributed by atoms with Crippen molar-refractivity contribution in [2.45, 2.75) is 78.4 Å². The summed E-state index contributed by atoms with van der Waals surface area (Å²) >= 11 is 6.32. The third kappa shape index (κ3) is 7.24. The molecule has 1 N–H and O–H groups in total. The SMILES string of the molecule is CCCCCCCC(C)Oc1ccc(C=C2SC(=S)N(C(C)C(=O)O)C2=O)cc1OCC. The molecule has 1 heterocycles. The molecule has 1 fully saturated rings. The van der Waals surface area contributed by atoms with Crippen LogP contribution >= 0.6 is 24.0 Å². The highest BCUT2D eigenvalue weighted by Gasteiger charge is 2.38. The topological polar surface area (TPSA) is 76.1 Å². The molecule has 2 rings (SSSR count). The Balaban J connectivity index is 2.11. The van der Waals surface area contributed by atoms with Gasteiger partial charge in [-0.3, -0.25) is 9.69 Å². The molecule has 176 valence electrons. The van der Waals surface area contributed by atoms with Crippen LogP contribution in [0.2, 0.25) is 0 Å². The van der Waals surface area contributed by atoms with Crippen molar-refractivity contribution in [2.24, 2.45) is 0 Å². The first-order chi connectivity index (χ1) is 15.3. The van der Waals surface area contributed by atoms with Gasteiger partial charge >= 0.3 is 5.97 Å². The van der Waals surface area contributed by atoms with Crippen LogP contribution < -0.4 is 9.47 Å². The molecule has 0 bridgehead atoms. The van der Waals surface area contributed by atoms with Gasteiger partial charge in [0, 0.05) is 0 Å². The molecule has 0 radical (unpaired) electrons. The van der Waals surface area contributed by atoms with Crippen molar-refractivity contribution >= 4 is 46.3 Å². The number of hydrogen-bond acceptors (Lipinski definition) is 6. The number of ether oxygens (including phenoxy) is 2. The number of carboxylic acids is 1. The van der Waals surface area contributed by atoms with E-state index >= 15 is 0 Å². The molecule has 0 aliphatic carbocycles. The van der Waals surface area contributed by atoms with E-state index in [4.69, 9.17) is 21.7 Å². The van der Waals surface area contributed by atoms with E-state index in [1.807, 2.05) is 25.1 Å². The van der Waals surface area contributed by atoms with Gasteiger partial charge in [-0.2, -0.15) is 0 Å². The molecule has 1 aromatic carbocycles. The fraction of sp³-hybridized carbons (Fsp3) is 0.542. The summed E-state index contributed by atoms with van der Waals surface area (Å²) in [5.74, 6) is -0.197. The zero-order valence-corrected chi connectivity index (χ0v) is 20.9. The number of carboxylic acid groups (broad SMARTS) is 1. The number of carbonyl (C=O) groups excluding carboxylic acids is 1. The third-order valence-electron chi connectivity index (χ3n) is 5.18. The number of hydrogen-bond donors (Lipinski definition) is 1. The van der Waals surface area contributed by atoms with Gasteiger partial charge in [-0.05, 0) is 57.4 Å². The van der Waals surface area contributed by atoms with Crippen LogP contribution in [0.5, 0.6) is 11.5 Å². The van der Waals surface area contributed by atoms with Gasteiger partial charge in [0.25, 0.3) is 5.91 Å². The minimum absolute atomic E-state index is 0.0791. The minimum Gasteiger partial charge on any atom is -0.490 e. The lowest BCUT2D eigenvalue weighted by atomic mass is 10.1. The Kier molecular flexibility index (Phi) is 10.5. The predicted molar refractivity (Wildman–Crippen MR) is 133 cm³/mol. The van der Waals surface area contributed by atoms with Crippen LogP contribution in [-0.4, -0.2) is 45.0 Å². The van der Waals surface area contributed by atoms with E-state index in [-0.39, 0.29) is 10.4 Å². The van der Waals surface area contributed by atoms with Crippen molar-refractivity contribution in [1.82, 2.24) is 4.90 Å². The Hall–Kier alpha value is -2.06. The summed E-state index contributed by atoms with van der Waals surface area (Å²) in [7, 11) is 0. The van der Waals surface area contributed by atoms with E-state index < -0.39 is 17.9 Å². The lowest BCUT2D eigenvalue weighted by Crippen LogP contribution is -2.41. The number of unbranched alkanes of at least 4 members (excludes halogenated alkanes) is 4. The standard InChI is InChI=1S/C24H33NO5S2/c1-5-7-8-9-10-11-16(3)30-19-13-12-18(14-20(19)29-6-2)15-21-22(26)25(24(31)32-21)17(4)23(27)28/h12-17H,5-11H2,1-4H3,(H,27,28). The molecule has 1 aliphatic heterocycles. The molecule has 1 aliphatic rings. The van der Waals surface area contributed by atoms with Crippen molar-refractivity contribution in [1.29, 1.82) is 0 Å². The molecular formula is C24H33NO5S2. The van der Waals surface area contributed by atoms with E-state index in [1.165, 1.54) is 32.6 Å². The number of thiocarbonyl (C=S) groups is 1. The fourth-order valence-electron chi connectivity index (χ4n) is 3.37. The molecule has 2 atom stereocenters. The van der Waals surface area contributed by atoms with Crippen molar-refractivity contribution in [3.8, 4) is 11.5 Å². The lowest BCUT2D eigenvalue weighted by molar-refractivity contribution is -0.144. The van der Waals surface area contributed by atoms with Crippen LogP contribution in [0.4, 0.5) is 0 Å². The average molecular weight is 480 g/mol. The first kappa shape index (κ1) is 26.2. The molecule has 0 aromatic heterocycles. The zero-order chi connectivity index (χ0) is 23.7. The monoisotopic (exact) mass is 479 g/mol. The highest BCUT2D eigenvalue weighted by molar-refractivity contribution is 8.26. The number of carbonyl (C=O) groups is 2. The van der Waals surface area contributed by atoms with Gasteiger partial charge in [0.05, 0.1) is 17.6 Å². The number of amides is 1. The molecule has 0 saturated carbocycles. The smallest absolute Gasteiger partial charge is 0.326 e. The van der Waals surface area contributed by atoms with Crippen molar-refractivity contribution in [3.05, 3.63) is 28.7 Å². The van der Waals surface area contributed by atoms with Gasteiger partial charge in [-0.15, -0.1) is 0 Å². The highest BCUT2D eigenvalue weighted by Crippen LogP contribution is 2.36. The summed E-state index contributed by atoms with van der Waals surface area (Å²) in [5.41, 5.74) is 0.761. The van der Waals surface area contributed by atoms with Gasteiger partial charge in [-0.25, -0.2) is 4.79 Å². The van der Waals surface area contributed by atoms with E-state index in [2.05, 4.69) is 13.8 Å². The van der Waals surface area contributed by atoms with Gasteiger partial charge in [0.2, 0.25) is 0 Å². The largest absolute Gasteiger partial charge is 0.490 e. The number of benzene rings is 1. The molecule has 0 spiro atoms. The summed E-state index contributed by atoms with van der Waals surface area (Å²) in [4.78, 5) is 25.5.